The highest BCUT2D eigenvalue weighted by atomic mass is 16.4. The zero-order valence-corrected chi connectivity index (χ0v) is 10.6. The van der Waals surface area contributed by atoms with Gasteiger partial charge in [0.15, 0.2) is 5.82 Å². The molecule has 19 heavy (non-hydrogen) atoms. The number of carbonyl (C=O) groups excluding carboxylic acids is 1. The average molecular weight is 263 g/mol. The maximum absolute atomic E-state index is 11.9. The van der Waals surface area contributed by atoms with Crippen molar-refractivity contribution in [3.05, 3.63) is 18.3 Å². The summed E-state index contributed by atoms with van der Waals surface area (Å²) in [6.45, 7) is 0. The molecule has 1 fully saturated rings. The molecule has 0 aliphatic heterocycles. The summed E-state index contributed by atoms with van der Waals surface area (Å²) in [5, 5.41) is 19.4. The number of aromatic nitrogens is 2. The van der Waals surface area contributed by atoms with Gasteiger partial charge in [-0.1, -0.05) is 19.3 Å². The first-order valence-electron chi connectivity index (χ1n) is 6.43. The van der Waals surface area contributed by atoms with Crippen LogP contribution in [-0.4, -0.2) is 27.2 Å². The second-order valence-electron chi connectivity index (χ2n) is 4.98. The minimum Gasteiger partial charge on any atom is -0.481 e. The van der Waals surface area contributed by atoms with Crippen molar-refractivity contribution in [3.8, 4) is 0 Å². The minimum atomic E-state index is -0.912. The molecule has 0 aromatic carbocycles. The monoisotopic (exact) mass is 263 g/mol. The van der Waals surface area contributed by atoms with Crippen molar-refractivity contribution in [1.82, 2.24) is 10.2 Å². The molecule has 1 amide bonds. The van der Waals surface area contributed by atoms with Crippen molar-refractivity contribution in [2.45, 2.75) is 38.5 Å². The van der Waals surface area contributed by atoms with Crippen LogP contribution in [0.5, 0.6) is 0 Å². The van der Waals surface area contributed by atoms with E-state index in [9.17, 15) is 14.7 Å². The van der Waals surface area contributed by atoms with Crippen LogP contribution in [0.15, 0.2) is 18.3 Å². The van der Waals surface area contributed by atoms with E-state index in [2.05, 4.69) is 15.5 Å². The predicted octanol–water partition coefficient (Wildman–Crippen LogP) is 1.84. The smallest absolute Gasteiger partial charge is 0.310 e. The average Bonchev–Trinajstić information content (AvgIpc) is 2.40. The number of nitrogens with one attached hydrogen (secondary N) is 1. The van der Waals surface area contributed by atoms with Crippen molar-refractivity contribution < 1.29 is 14.7 Å². The molecule has 6 heteroatoms. The molecule has 0 saturated heterocycles. The Morgan fingerprint density at radius 1 is 1.32 bits per heavy atom. The van der Waals surface area contributed by atoms with Gasteiger partial charge in [0, 0.05) is 12.6 Å². The Hall–Kier alpha value is -1.98. The van der Waals surface area contributed by atoms with Gasteiger partial charge in [-0.3, -0.25) is 9.59 Å². The molecule has 1 aliphatic rings. The largest absolute Gasteiger partial charge is 0.481 e. The molecule has 1 saturated carbocycles. The van der Waals surface area contributed by atoms with E-state index >= 15 is 0 Å². The topological polar surface area (TPSA) is 92.2 Å². The molecule has 0 atom stereocenters. The number of carboxylic acids is 1. The fraction of sp³-hybridized carbons (Fsp3) is 0.538. The standard InChI is InChI=1S/C13H17N3O3/c17-11(15-10-5-4-8-14-16-10)9-13(12(18)19)6-2-1-3-7-13/h4-5,8H,1-3,6-7,9H2,(H,18,19)(H,15,16,17). The van der Waals surface area contributed by atoms with Crippen LogP contribution in [0.25, 0.3) is 0 Å². The molecule has 1 aliphatic carbocycles. The molecule has 0 bridgehead atoms. The lowest BCUT2D eigenvalue weighted by atomic mass is 9.71. The molecule has 102 valence electrons. The Morgan fingerprint density at radius 3 is 2.63 bits per heavy atom. The van der Waals surface area contributed by atoms with Gasteiger partial charge in [-0.05, 0) is 25.0 Å². The van der Waals surface area contributed by atoms with Gasteiger partial charge in [-0.15, -0.1) is 5.10 Å². The third-order valence-corrected chi connectivity index (χ3v) is 3.60. The van der Waals surface area contributed by atoms with Crippen LogP contribution < -0.4 is 5.32 Å². The maximum Gasteiger partial charge on any atom is 0.310 e. The number of carbonyl (C=O) groups is 2. The normalized spacial score (nSPS) is 17.7. The van der Waals surface area contributed by atoms with Gasteiger partial charge in [0.2, 0.25) is 5.91 Å². The van der Waals surface area contributed by atoms with E-state index < -0.39 is 11.4 Å². The summed E-state index contributed by atoms with van der Waals surface area (Å²) in [5.74, 6) is -0.838. The molecular formula is C13H17N3O3. The van der Waals surface area contributed by atoms with E-state index in [1.54, 1.807) is 12.1 Å². The Morgan fingerprint density at radius 2 is 2.05 bits per heavy atom. The first-order valence-corrected chi connectivity index (χ1v) is 6.43. The number of aliphatic carboxylic acids is 1. The number of nitrogens with zero attached hydrogens (tertiary/aromatic N) is 2. The molecular weight excluding hydrogens is 246 g/mol. The Balaban J connectivity index is 2.01. The highest BCUT2D eigenvalue weighted by Crippen LogP contribution is 2.39. The van der Waals surface area contributed by atoms with E-state index in [-0.39, 0.29) is 12.3 Å². The number of hydrogen-bond donors (Lipinski definition) is 2. The zero-order valence-electron chi connectivity index (χ0n) is 10.6. The first kappa shape index (κ1) is 13.5. The fourth-order valence-corrected chi connectivity index (χ4v) is 2.56. The summed E-state index contributed by atoms with van der Waals surface area (Å²) in [4.78, 5) is 23.4. The van der Waals surface area contributed by atoms with Crippen LogP contribution >= 0.6 is 0 Å². The molecule has 0 radical (unpaired) electrons. The minimum absolute atomic E-state index is 0.00108. The molecule has 1 heterocycles. The number of hydrogen-bond acceptors (Lipinski definition) is 4. The van der Waals surface area contributed by atoms with Crippen LogP contribution in [0.2, 0.25) is 0 Å². The summed E-state index contributed by atoms with van der Waals surface area (Å²) >= 11 is 0. The van der Waals surface area contributed by atoms with Gasteiger partial charge in [-0.25, -0.2) is 0 Å². The molecule has 0 spiro atoms. The van der Waals surface area contributed by atoms with Crippen molar-refractivity contribution in [2.75, 3.05) is 5.32 Å². The number of carboxylic acid groups (broad SMARTS) is 1. The van der Waals surface area contributed by atoms with Crippen LogP contribution in [0.1, 0.15) is 38.5 Å². The molecule has 1 aromatic rings. The van der Waals surface area contributed by atoms with E-state index in [0.29, 0.717) is 18.7 Å². The third kappa shape index (κ3) is 3.27. The lowest BCUT2D eigenvalue weighted by molar-refractivity contribution is -0.153. The predicted molar refractivity (Wildman–Crippen MR) is 68.4 cm³/mol. The van der Waals surface area contributed by atoms with Gasteiger partial charge in [0.25, 0.3) is 0 Å². The highest BCUT2D eigenvalue weighted by molar-refractivity contribution is 5.93. The van der Waals surface area contributed by atoms with Crippen molar-refractivity contribution in [2.24, 2.45) is 5.41 Å². The van der Waals surface area contributed by atoms with E-state index in [0.717, 1.165) is 19.3 Å². The third-order valence-electron chi connectivity index (χ3n) is 3.60. The molecule has 0 unspecified atom stereocenters. The lowest BCUT2D eigenvalue weighted by Gasteiger charge is -2.32. The second kappa shape index (κ2) is 5.77. The first-order chi connectivity index (χ1) is 9.12. The van der Waals surface area contributed by atoms with Gasteiger partial charge >= 0.3 is 5.97 Å². The molecule has 2 rings (SSSR count). The number of anilines is 1. The van der Waals surface area contributed by atoms with Gasteiger partial charge in [0.05, 0.1) is 5.41 Å². The summed E-state index contributed by atoms with van der Waals surface area (Å²) in [6, 6.07) is 3.29. The van der Waals surface area contributed by atoms with Gasteiger partial charge in [-0.2, -0.15) is 5.10 Å². The van der Waals surface area contributed by atoms with Gasteiger partial charge in [0.1, 0.15) is 0 Å². The second-order valence-corrected chi connectivity index (χ2v) is 4.98. The summed E-state index contributed by atoms with van der Waals surface area (Å²) in [6.07, 6.45) is 5.41. The molecule has 1 aromatic heterocycles. The molecule has 6 nitrogen and oxygen atoms in total. The van der Waals surface area contributed by atoms with Crippen LogP contribution in [0.3, 0.4) is 0 Å². The highest BCUT2D eigenvalue weighted by Gasteiger charge is 2.41. The molecule has 2 N–H and O–H groups in total. The summed E-state index contributed by atoms with van der Waals surface area (Å²) < 4.78 is 0. The summed E-state index contributed by atoms with van der Waals surface area (Å²) in [7, 11) is 0. The fourth-order valence-electron chi connectivity index (χ4n) is 2.56. The van der Waals surface area contributed by atoms with Crippen molar-refractivity contribution in [3.63, 3.8) is 0 Å². The summed E-state index contributed by atoms with van der Waals surface area (Å²) in [5.41, 5.74) is -0.912. The van der Waals surface area contributed by atoms with Crippen LogP contribution in [-0.2, 0) is 9.59 Å². The van der Waals surface area contributed by atoms with Crippen LogP contribution in [0, 0.1) is 5.41 Å². The Kier molecular flexibility index (Phi) is 4.09. The van der Waals surface area contributed by atoms with Crippen molar-refractivity contribution in [1.29, 1.82) is 0 Å². The Bertz CT molecular complexity index is 455. The van der Waals surface area contributed by atoms with E-state index in [4.69, 9.17) is 0 Å². The maximum atomic E-state index is 11.9. The van der Waals surface area contributed by atoms with Gasteiger partial charge < -0.3 is 10.4 Å². The number of amides is 1. The van der Waals surface area contributed by atoms with Crippen molar-refractivity contribution >= 4 is 17.7 Å². The Labute approximate surface area is 111 Å². The SMILES string of the molecule is O=C(CC1(C(=O)O)CCCCC1)Nc1cccnn1. The van der Waals surface area contributed by atoms with E-state index in [1.165, 1.54) is 6.20 Å². The van der Waals surface area contributed by atoms with Crippen LogP contribution in [0.4, 0.5) is 5.82 Å². The zero-order chi connectivity index (χ0) is 13.7. The van der Waals surface area contributed by atoms with E-state index in [1.807, 2.05) is 0 Å². The lowest BCUT2D eigenvalue weighted by Crippen LogP contribution is -2.37. The quantitative estimate of drug-likeness (QED) is 0.864. The number of rotatable bonds is 4.